The van der Waals surface area contributed by atoms with Crippen LogP contribution in [0.3, 0.4) is 0 Å². The highest BCUT2D eigenvalue weighted by molar-refractivity contribution is 9.10. The van der Waals surface area contributed by atoms with Crippen LogP contribution < -0.4 is 0 Å². The minimum absolute atomic E-state index is 0.104. The van der Waals surface area contributed by atoms with Crippen LogP contribution >= 0.6 is 15.9 Å². The predicted octanol–water partition coefficient (Wildman–Crippen LogP) is 5.06. The topological polar surface area (TPSA) is 20.2 Å². The summed E-state index contributed by atoms with van der Waals surface area (Å²) in [4.78, 5) is 0. The van der Waals surface area contributed by atoms with Crippen molar-refractivity contribution in [1.29, 1.82) is 0 Å². The third-order valence-electron chi connectivity index (χ3n) is 4.80. The lowest BCUT2D eigenvalue weighted by Crippen LogP contribution is -2.38. The van der Waals surface area contributed by atoms with Crippen LogP contribution in [0.15, 0.2) is 46.9 Å². The minimum atomic E-state index is -0.887. The molecule has 0 spiro atoms. The molecule has 0 bridgehead atoms. The van der Waals surface area contributed by atoms with Gasteiger partial charge in [0.15, 0.2) is 0 Å². The summed E-state index contributed by atoms with van der Waals surface area (Å²) in [6.07, 6.45) is 1.73. The van der Waals surface area contributed by atoms with Crippen molar-refractivity contribution in [3.63, 3.8) is 0 Å². The van der Waals surface area contributed by atoms with Crippen molar-refractivity contribution in [2.75, 3.05) is 0 Å². The molecule has 110 valence electrons. The second-order valence-corrected chi connectivity index (χ2v) is 7.72. The molecule has 1 aliphatic carbocycles. The second kappa shape index (κ2) is 4.96. The standard InChI is InChI=1S/C19H21BrO/c1-13-4-6-14(7-5-13)19(21)11-10-18(2,3)16-9-8-15(20)12-17(16)19/h4-9,12,21H,10-11H2,1-3H3. The van der Waals surface area contributed by atoms with Gasteiger partial charge in [-0.15, -0.1) is 0 Å². The first-order valence-corrected chi connectivity index (χ1v) is 8.22. The van der Waals surface area contributed by atoms with Crippen LogP contribution in [0.25, 0.3) is 0 Å². The summed E-state index contributed by atoms with van der Waals surface area (Å²) >= 11 is 3.55. The number of hydrogen-bond donors (Lipinski definition) is 1. The van der Waals surface area contributed by atoms with E-state index in [0.29, 0.717) is 0 Å². The summed E-state index contributed by atoms with van der Waals surface area (Å²) in [7, 11) is 0. The van der Waals surface area contributed by atoms with Gasteiger partial charge in [0, 0.05) is 4.47 Å². The number of aryl methyl sites for hydroxylation is 1. The van der Waals surface area contributed by atoms with E-state index in [1.165, 1.54) is 11.1 Å². The molecule has 1 unspecified atom stereocenters. The third-order valence-corrected chi connectivity index (χ3v) is 5.29. The molecule has 2 aromatic rings. The molecule has 2 aromatic carbocycles. The van der Waals surface area contributed by atoms with Crippen molar-refractivity contribution in [1.82, 2.24) is 0 Å². The number of aliphatic hydroxyl groups is 1. The van der Waals surface area contributed by atoms with E-state index < -0.39 is 5.60 Å². The SMILES string of the molecule is Cc1ccc(C2(O)CCC(C)(C)c3ccc(Br)cc32)cc1. The molecule has 0 saturated carbocycles. The fraction of sp³-hybridized carbons (Fsp3) is 0.368. The van der Waals surface area contributed by atoms with E-state index in [1.54, 1.807) is 0 Å². The van der Waals surface area contributed by atoms with Crippen molar-refractivity contribution < 1.29 is 5.11 Å². The van der Waals surface area contributed by atoms with Gasteiger partial charge in [0.05, 0.1) is 0 Å². The van der Waals surface area contributed by atoms with Gasteiger partial charge in [-0.25, -0.2) is 0 Å². The van der Waals surface area contributed by atoms with Crippen molar-refractivity contribution in [2.45, 2.75) is 44.6 Å². The Morgan fingerprint density at radius 2 is 1.62 bits per heavy atom. The highest BCUT2D eigenvalue weighted by Crippen LogP contribution is 2.48. The summed E-state index contributed by atoms with van der Waals surface area (Å²) < 4.78 is 1.02. The quantitative estimate of drug-likeness (QED) is 0.766. The number of fused-ring (bicyclic) bond motifs is 1. The van der Waals surface area contributed by atoms with E-state index in [2.05, 4.69) is 79.2 Å². The molecule has 0 aromatic heterocycles. The summed E-state index contributed by atoms with van der Waals surface area (Å²) in [6.45, 7) is 6.59. The first-order chi connectivity index (χ1) is 9.83. The van der Waals surface area contributed by atoms with Crippen molar-refractivity contribution in [2.24, 2.45) is 0 Å². The first kappa shape index (κ1) is 14.8. The number of rotatable bonds is 1. The molecule has 0 heterocycles. The molecule has 1 aliphatic rings. The Bertz CT molecular complexity index is 672. The molecule has 0 aliphatic heterocycles. The Labute approximate surface area is 135 Å². The van der Waals surface area contributed by atoms with Crippen LogP contribution in [-0.4, -0.2) is 5.11 Å². The Morgan fingerprint density at radius 1 is 0.952 bits per heavy atom. The highest BCUT2D eigenvalue weighted by atomic mass is 79.9. The van der Waals surface area contributed by atoms with Gasteiger partial charge in [0.2, 0.25) is 0 Å². The first-order valence-electron chi connectivity index (χ1n) is 7.43. The summed E-state index contributed by atoms with van der Waals surface area (Å²) in [5.74, 6) is 0. The van der Waals surface area contributed by atoms with Gasteiger partial charge in [-0.1, -0.05) is 65.7 Å². The minimum Gasteiger partial charge on any atom is -0.380 e. The van der Waals surface area contributed by atoms with Gasteiger partial charge in [-0.3, -0.25) is 0 Å². The number of halogens is 1. The molecular formula is C19H21BrO. The zero-order chi connectivity index (χ0) is 15.3. The Balaban J connectivity index is 2.21. The molecule has 1 N–H and O–H groups in total. The summed E-state index contributed by atoms with van der Waals surface area (Å²) in [5.41, 5.74) is 3.71. The largest absolute Gasteiger partial charge is 0.380 e. The number of benzene rings is 2. The van der Waals surface area contributed by atoms with E-state index in [-0.39, 0.29) is 5.41 Å². The summed E-state index contributed by atoms with van der Waals surface area (Å²) in [5, 5.41) is 11.4. The van der Waals surface area contributed by atoms with E-state index in [1.807, 2.05) is 0 Å². The lowest BCUT2D eigenvalue weighted by atomic mass is 9.65. The van der Waals surface area contributed by atoms with Gasteiger partial charge in [0.1, 0.15) is 5.60 Å². The van der Waals surface area contributed by atoms with Gasteiger partial charge in [-0.05, 0) is 54.0 Å². The van der Waals surface area contributed by atoms with Gasteiger partial charge in [-0.2, -0.15) is 0 Å². The molecule has 1 atom stereocenters. The van der Waals surface area contributed by atoms with Crippen LogP contribution in [-0.2, 0) is 11.0 Å². The van der Waals surface area contributed by atoms with Crippen LogP contribution in [0.1, 0.15) is 48.9 Å². The maximum atomic E-state index is 11.4. The monoisotopic (exact) mass is 344 g/mol. The molecule has 0 saturated heterocycles. The number of hydrogen-bond acceptors (Lipinski definition) is 1. The molecule has 0 amide bonds. The van der Waals surface area contributed by atoms with E-state index in [9.17, 15) is 5.11 Å². The van der Waals surface area contributed by atoms with Gasteiger partial charge < -0.3 is 5.11 Å². The van der Waals surface area contributed by atoms with Crippen LogP contribution in [0.5, 0.6) is 0 Å². The molecule has 0 fully saturated rings. The maximum Gasteiger partial charge on any atom is 0.115 e. The summed E-state index contributed by atoms with van der Waals surface area (Å²) in [6, 6.07) is 14.6. The van der Waals surface area contributed by atoms with Crippen LogP contribution in [0, 0.1) is 6.92 Å². The lowest BCUT2D eigenvalue weighted by Gasteiger charge is -2.43. The molecule has 21 heavy (non-hydrogen) atoms. The smallest absolute Gasteiger partial charge is 0.115 e. The maximum absolute atomic E-state index is 11.4. The second-order valence-electron chi connectivity index (χ2n) is 6.80. The Morgan fingerprint density at radius 3 is 2.29 bits per heavy atom. The average Bonchev–Trinajstić information content (AvgIpc) is 2.44. The molecule has 3 rings (SSSR count). The fourth-order valence-electron chi connectivity index (χ4n) is 3.34. The predicted molar refractivity (Wildman–Crippen MR) is 90.6 cm³/mol. The van der Waals surface area contributed by atoms with E-state index in [0.717, 1.165) is 28.4 Å². The molecule has 2 heteroatoms. The fourth-order valence-corrected chi connectivity index (χ4v) is 3.70. The van der Waals surface area contributed by atoms with E-state index in [4.69, 9.17) is 0 Å². The molecule has 1 nitrogen and oxygen atoms in total. The lowest BCUT2D eigenvalue weighted by molar-refractivity contribution is 0.0496. The van der Waals surface area contributed by atoms with Crippen molar-refractivity contribution in [3.05, 3.63) is 69.2 Å². The molecular weight excluding hydrogens is 324 g/mol. The van der Waals surface area contributed by atoms with Crippen LogP contribution in [0.2, 0.25) is 0 Å². The highest BCUT2D eigenvalue weighted by Gasteiger charge is 2.42. The normalized spacial score (nSPS) is 23.7. The molecule has 0 radical (unpaired) electrons. The van der Waals surface area contributed by atoms with Gasteiger partial charge in [0.25, 0.3) is 0 Å². The van der Waals surface area contributed by atoms with E-state index >= 15 is 0 Å². The Hall–Kier alpha value is -1.12. The third kappa shape index (κ3) is 2.45. The van der Waals surface area contributed by atoms with Crippen LogP contribution in [0.4, 0.5) is 0 Å². The zero-order valence-corrected chi connectivity index (χ0v) is 14.4. The van der Waals surface area contributed by atoms with Gasteiger partial charge >= 0.3 is 0 Å². The average molecular weight is 345 g/mol. The van der Waals surface area contributed by atoms with Crippen molar-refractivity contribution in [3.8, 4) is 0 Å². The zero-order valence-electron chi connectivity index (χ0n) is 12.8. The Kier molecular flexibility index (Phi) is 3.50. The van der Waals surface area contributed by atoms with Crippen molar-refractivity contribution >= 4 is 15.9 Å².